The Hall–Kier alpha value is -3.70. The highest BCUT2D eigenvalue weighted by molar-refractivity contribution is 5.81. The number of nitrogens with zero attached hydrogens (tertiary/aromatic N) is 4. The SMILES string of the molecule is Cc1cc(-c2nc3ccc(CN[C@H](C(=O)OC(C)C)[C@@H](C)O)cc3n2CC2CCCN(C(=O)OC(C)(C)C)C2)cn(C)c1=O. The van der Waals surface area contributed by atoms with E-state index in [0.717, 1.165) is 40.8 Å². The monoisotopic (exact) mass is 609 g/mol. The Balaban J connectivity index is 1.69. The van der Waals surface area contributed by atoms with E-state index in [1.165, 1.54) is 0 Å². The number of aromatic nitrogens is 3. The largest absolute Gasteiger partial charge is 0.462 e. The van der Waals surface area contributed by atoms with Gasteiger partial charge in [-0.3, -0.25) is 14.9 Å². The standard InChI is InChI=1S/C33H47N5O6/c1-20(2)43-31(41)28(22(4)39)34-16-23-11-12-26-27(15-23)38(29(35-26)25-14-21(3)30(40)36(8)19-25)18-24-10-9-13-37(17-24)32(42)44-33(5,6)7/h11-12,14-15,19-20,22,24,28,34,39H,9-10,13,16-18H2,1-8H3/t22-,24?,28+/m1/s1. The normalized spacial score (nSPS) is 17.1. The highest BCUT2D eigenvalue weighted by Crippen LogP contribution is 2.29. The van der Waals surface area contributed by atoms with Crippen LogP contribution in [0.2, 0.25) is 0 Å². The summed E-state index contributed by atoms with van der Waals surface area (Å²) in [6, 6.07) is 6.92. The maximum atomic E-state index is 12.9. The van der Waals surface area contributed by atoms with Crippen LogP contribution in [0.1, 0.15) is 65.5 Å². The first-order valence-corrected chi connectivity index (χ1v) is 15.4. The molecule has 0 radical (unpaired) electrons. The van der Waals surface area contributed by atoms with E-state index >= 15 is 0 Å². The van der Waals surface area contributed by atoms with Gasteiger partial charge in [-0.1, -0.05) is 6.07 Å². The number of nitrogens with one attached hydrogen (secondary N) is 1. The van der Waals surface area contributed by atoms with Crippen molar-refractivity contribution in [1.29, 1.82) is 0 Å². The third-order valence-electron chi connectivity index (χ3n) is 7.66. The fraction of sp³-hybridized carbons (Fsp3) is 0.576. The molecule has 0 saturated carbocycles. The molecule has 3 atom stereocenters. The van der Waals surface area contributed by atoms with E-state index in [1.807, 2.05) is 45.0 Å². The number of esters is 1. The number of likely N-dealkylation sites (tertiary alicyclic amines) is 1. The number of aliphatic hydroxyl groups is 1. The summed E-state index contributed by atoms with van der Waals surface area (Å²) in [5, 5.41) is 13.4. The lowest BCUT2D eigenvalue weighted by atomic mass is 9.98. The molecule has 240 valence electrons. The molecule has 1 fully saturated rings. The second-order valence-electron chi connectivity index (χ2n) is 13.2. The molecule has 2 aromatic heterocycles. The van der Waals surface area contributed by atoms with Crippen molar-refractivity contribution >= 4 is 23.1 Å². The van der Waals surface area contributed by atoms with E-state index in [4.69, 9.17) is 14.5 Å². The highest BCUT2D eigenvalue weighted by Gasteiger charge is 2.29. The molecule has 1 saturated heterocycles. The Morgan fingerprint density at radius 2 is 1.91 bits per heavy atom. The number of rotatable bonds is 9. The topological polar surface area (TPSA) is 128 Å². The predicted octanol–water partition coefficient (Wildman–Crippen LogP) is 4.15. The van der Waals surface area contributed by atoms with Crippen LogP contribution in [-0.4, -0.2) is 73.1 Å². The molecule has 0 bridgehead atoms. The van der Waals surface area contributed by atoms with Gasteiger partial charge in [0.2, 0.25) is 0 Å². The molecule has 0 aliphatic carbocycles. The molecule has 1 amide bonds. The molecule has 11 heteroatoms. The molecule has 1 aromatic carbocycles. The van der Waals surface area contributed by atoms with Gasteiger partial charge in [0.15, 0.2) is 0 Å². The van der Waals surface area contributed by atoms with Crippen molar-refractivity contribution in [2.75, 3.05) is 13.1 Å². The number of carbonyl (C=O) groups excluding carboxylic acids is 2. The molecule has 2 N–H and O–H groups in total. The lowest BCUT2D eigenvalue weighted by molar-refractivity contribution is -0.152. The lowest BCUT2D eigenvalue weighted by Crippen LogP contribution is -2.46. The molecule has 44 heavy (non-hydrogen) atoms. The minimum atomic E-state index is -0.936. The zero-order valence-corrected chi connectivity index (χ0v) is 27.2. The van der Waals surface area contributed by atoms with Gasteiger partial charge in [0.05, 0.1) is 23.2 Å². The number of piperidine rings is 1. The van der Waals surface area contributed by atoms with Crippen LogP contribution in [-0.2, 0) is 34.4 Å². The van der Waals surface area contributed by atoms with Crippen molar-refractivity contribution in [3.8, 4) is 11.4 Å². The number of benzene rings is 1. The van der Waals surface area contributed by atoms with Crippen LogP contribution in [0, 0.1) is 12.8 Å². The molecule has 1 aliphatic heterocycles. The number of aryl methyl sites for hydroxylation is 2. The van der Waals surface area contributed by atoms with E-state index in [-0.39, 0.29) is 23.7 Å². The van der Waals surface area contributed by atoms with Gasteiger partial charge in [0.1, 0.15) is 17.5 Å². The smallest absolute Gasteiger partial charge is 0.410 e. The van der Waals surface area contributed by atoms with Crippen molar-refractivity contribution < 1.29 is 24.2 Å². The third-order valence-corrected chi connectivity index (χ3v) is 7.66. The molecule has 1 unspecified atom stereocenters. The Bertz CT molecular complexity index is 1520. The van der Waals surface area contributed by atoms with Crippen LogP contribution >= 0.6 is 0 Å². The van der Waals surface area contributed by atoms with E-state index in [9.17, 15) is 19.5 Å². The second-order valence-corrected chi connectivity index (χ2v) is 13.2. The minimum absolute atomic E-state index is 0.0614. The molecule has 4 rings (SSSR count). The van der Waals surface area contributed by atoms with Gasteiger partial charge in [0.25, 0.3) is 5.56 Å². The number of hydrogen-bond acceptors (Lipinski definition) is 8. The van der Waals surface area contributed by atoms with Gasteiger partial charge >= 0.3 is 12.1 Å². The van der Waals surface area contributed by atoms with Gasteiger partial charge in [-0.15, -0.1) is 0 Å². The molecular formula is C33H47N5O6. The quantitative estimate of drug-likeness (QED) is 0.347. The van der Waals surface area contributed by atoms with Crippen LogP contribution in [0.4, 0.5) is 4.79 Å². The summed E-state index contributed by atoms with van der Waals surface area (Å²) in [6.07, 6.45) is 2.09. The summed E-state index contributed by atoms with van der Waals surface area (Å²) in [7, 11) is 1.73. The van der Waals surface area contributed by atoms with Crippen LogP contribution in [0.15, 0.2) is 35.3 Å². The third kappa shape index (κ3) is 8.06. The first-order chi connectivity index (χ1) is 20.6. The number of pyridine rings is 1. The number of hydrogen-bond donors (Lipinski definition) is 2. The van der Waals surface area contributed by atoms with Gasteiger partial charge < -0.3 is 28.6 Å². The van der Waals surface area contributed by atoms with Gasteiger partial charge in [0, 0.05) is 50.6 Å². The number of carbonyl (C=O) groups is 2. The maximum absolute atomic E-state index is 12.9. The fourth-order valence-electron chi connectivity index (χ4n) is 5.63. The van der Waals surface area contributed by atoms with Gasteiger partial charge in [-0.2, -0.15) is 0 Å². The summed E-state index contributed by atoms with van der Waals surface area (Å²) < 4.78 is 14.7. The summed E-state index contributed by atoms with van der Waals surface area (Å²) in [5.41, 5.74) is 3.42. The first-order valence-electron chi connectivity index (χ1n) is 15.4. The average molecular weight is 610 g/mol. The summed E-state index contributed by atoms with van der Waals surface area (Å²) >= 11 is 0. The highest BCUT2D eigenvalue weighted by atomic mass is 16.6. The number of imidazole rings is 1. The van der Waals surface area contributed by atoms with Crippen LogP contribution in [0.3, 0.4) is 0 Å². The Morgan fingerprint density at radius 3 is 2.55 bits per heavy atom. The van der Waals surface area contributed by atoms with Crippen molar-refractivity contribution in [3.63, 3.8) is 0 Å². The van der Waals surface area contributed by atoms with Gasteiger partial charge in [-0.05, 0) is 91.0 Å². The summed E-state index contributed by atoms with van der Waals surface area (Å²) in [4.78, 5) is 44.7. The van der Waals surface area contributed by atoms with E-state index in [1.54, 1.807) is 50.4 Å². The number of ether oxygens (including phenoxy) is 2. The van der Waals surface area contributed by atoms with Crippen molar-refractivity contribution in [1.82, 2.24) is 24.3 Å². The minimum Gasteiger partial charge on any atom is -0.462 e. The molecular weight excluding hydrogens is 562 g/mol. The van der Waals surface area contributed by atoms with Crippen molar-refractivity contribution in [3.05, 3.63) is 51.9 Å². The molecule has 11 nitrogen and oxygen atoms in total. The first kappa shape index (κ1) is 33.2. The molecule has 3 heterocycles. The maximum Gasteiger partial charge on any atom is 0.410 e. The number of fused-ring (bicyclic) bond motifs is 1. The van der Waals surface area contributed by atoms with Crippen molar-refractivity contribution in [2.45, 2.75) is 98.2 Å². The van der Waals surface area contributed by atoms with Crippen LogP contribution < -0.4 is 10.9 Å². The Morgan fingerprint density at radius 1 is 1.18 bits per heavy atom. The van der Waals surface area contributed by atoms with E-state index in [0.29, 0.717) is 31.7 Å². The summed E-state index contributed by atoms with van der Waals surface area (Å²) in [5.74, 6) is 0.397. The number of amides is 1. The fourth-order valence-corrected chi connectivity index (χ4v) is 5.63. The number of aliphatic hydroxyl groups excluding tert-OH is 1. The second kappa shape index (κ2) is 13.5. The van der Waals surface area contributed by atoms with Crippen LogP contribution in [0.25, 0.3) is 22.4 Å². The zero-order valence-electron chi connectivity index (χ0n) is 27.2. The van der Waals surface area contributed by atoms with Crippen molar-refractivity contribution in [2.24, 2.45) is 13.0 Å². The Kier molecular flexibility index (Phi) is 10.2. The van der Waals surface area contributed by atoms with Gasteiger partial charge in [-0.25, -0.2) is 9.78 Å². The molecule has 1 aliphatic rings. The predicted molar refractivity (Wildman–Crippen MR) is 169 cm³/mol. The van der Waals surface area contributed by atoms with E-state index < -0.39 is 23.7 Å². The summed E-state index contributed by atoms with van der Waals surface area (Å²) in [6.45, 7) is 14.7. The van der Waals surface area contributed by atoms with Crippen LogP contribution in [0.5, 0.6) is 0 Å². The average Bonchev–Trinajstić information content (AvgIpc) is 3.27. The lowest BCUT2D eigenvalue weighted by Gasteiger charge is -2.34. The van der Waals surface area contributed by atoms with E-state index in [2.05, 4.69) is 9.88 Å². The molecule has 3 aromatic rings. The Labute approximate surface area is 259 Å². The zero-order chi connectivity index (χ0) is 32.3. The molecule has 0 spiro atoms.